The van der Waals surface area contributed by atoms with Gasteiger partial charge in [0.25, 0.3) is 0 Å². The average molecular weight is 280 g/mol. The van der Waals surface area contributed by atoms with E-state index in [1.165, 1.54) is 0 Å². The third-order valence-electron chi connectivity index (χ3n) is 2.64. The van der Waals surface area contributed by atoms with E-state index in [-0.39, 0.29) is 5.91 Å². The van der Waals surface area contributed by atoms with Gasteiger partial charge in [0.05, 0.1) is 19.8 Å². The zero-order chi connectivity index (χ0) is 14.5. The Bertz CT molecular complexity index is 357. The van der Waals surface area contributed by atoms with Gasteiger partial charge in [-0.2, -0.15) is 0 Å². The second-order valence-corrected chi connectivity index (χ2v) is 4.37. The molecule has 112 valence electrons. The summed E-state index contributed by atoms with van der Waals surface area (Å²) in [5, 5.41) is 2.85. The molecule has 0 fully saturated rings. The van der Waals surface area contributed by atoms with Gasteiger partial charge in [-0.25, -0.2) is 0 Å². The van der Waals surface area contributed by atoms with Crippen LogP contribution in [0.15, 0.2) is 30.3 Å². The molecular formula is C15H24N2O3. The van der Waals surface area contributed by atoms with Crippen molar-refractivity contribution in [3.05, 3.63) is 30.3 Å². The Hall–Kier alpha value is -1.59. The maximum Gasteiger partial charge on any atom is 0.222 e. The number of carbonyl (C=O) groups excluding carboxylic acids is 1. The van der Waals surface area contributed by atoms with E-state index >= 15 is 0 Å². The Morgan fingerprint density at radius 3 is 2.65 bits per heavy atom. The summed E-state index contributed by atoms with van der Waals surface area (Å²) in [4.78, 5) is 11.4. The van der Waals surface area contributed by atoms with Crippen molar-refractivity contribution in [3.63, 3.8) is 0 Å². The number of hydrogen-bond acceptors (Lipinski definition) is 4. The minimum absolute atomic E-state index is 0.0194. The number of unbranched alkanes of at least 4 members (excludes halogenated alkanes) is 1. The van der Waals surface area contributed by atoms with Crippen LogP contribution in [0.1, 0.15) is 19.3 Å². The van der Waals surface area contributed by atoms with Gasteiger partial charge in [-0.15, -0.1) is 0 Å². The summed E-state index contributed by atoms with van der Waals surface area (Å²) in [6.45, 7) is 2.76. The molecule has 1 aromatic carbocycles. The molecule has 5 heteroatoms. The van der Waals surface area contributed by atoms with Gasteiger partial charge in [0.15, 0.2) is 0 Å². The predicted molar refractivity (Wildman–Crippen MR) is 78.7 cm³/mol. The molecule has 0 heterocycles. The lowest BCUT2D eigenvalue weighted by atomic mass is 10.3. The third-order valence-corrected chi connectivity index (χ3v) is 2.64. The van der Waals surface area contributed by atoms with E-state index in [9.17, 15) is 4.79 Å². The molecule has 3 N–H and O–H groups in total. The molecule has 0 atom stereocenters. The van der Waals surface area contributed by atoms with Crippen molar-refractivity contribution >= 4 is 5.91 Å². The van der Waals surface area contributed by atoms with Crippen LogP contribution in [-0.4, -0.2) is 38.8 Å². The fraction of sp³-hybridized carbons (Fsp3) is 0.533. The van der Waals surface area contributed by atoms with Crippen LogP contribution in [0.3, 0.4) is 0 Å². The van der Waals surface area contributed by atoms with Gasteiger partial charge in [-0.3, -0.25) is 4.79 Å². The lowest BCUT2D eigenvalue weighted by Gasteiger charge is -2.07. The van der Waals surface area contributed by atoms with Crippen LogP contribution < -0.4 is 15.8 Å². The van der Waals surface area contributed by atoms with Gasteiger partial charge in [0, 0.05) is 19.5 Å². The molecule has 1 aromatic rings. The number of carbonyl (C=O) groups is 1. The standard InChI is InChI=1S/C15H24N2O3/c16-9-13-19-12-8-15(18)17-10-4-5-11-20-14-6-2-1-3-7-14/h1-3,6-7H,4-5,8-13,16H2,(H,17,18). The Morgan fingerprint density at radius 1 is 1.10 bits per heavy atom. The summed E-state index contributed by atoms with van der Waals surface area (Å²) in [6, 6.07) is 9.72. The first-order chi connectivity index (χ1) is 9.83. The zero-order valence-corrected chi connectivity index (χ0v) is 11.8. The highest BCUT2D eigenvalue weighted by molar-refractivity contribution is 5.75. The van der Waals surface area contributed by atoms with E-state index in [4.69, 9.17) is 15.2 Å². The molecule has 0 aliphatic rings. The molecule has 0 saturated carbocycles. The van der Waals surface area contributed by atoms with E-state index in [1.54, 1.807) is 0 Å². The first-order valence-corrected chi connectivity index (χ1v) is 7.05. The number of benzene rings is 1. The van der Waals surface area contributed by atoms with Crippen molar-refractivity contribution in [3.8, 4) is 5.75 Å². The van der Waals surface area contributed by atoms with Crippen molar-refractivity contribution in [1.82, 2.24) is 5.32 Å². The Morgan fingerprint density at radius 2 is 1.90 bits per heavy atom. The highest BCUT2D eigenvalue weighted by Crippen LogP contribution is 2.08. The summed E-state index contributed by atoms with van der Waals surface area (Å²) < 4.78 is 10.7. The summed E-state index contributed by atoms with van der Waals surface area (Å²) in [7, 11) is 0. The minimum atomic E-state index is 0.0194. The fourth-order valence-electron chi connectivity index (χ4n) is 1.60. The topological polar surface area (TPSA) is 73.6 Å². The molecule has 0 saturated heterocycles. The van der Waals surface area contributed by atoms with Gasteiger partial charge in [0.2, 0.25) is 5.91 Å². The summed E-state index contributed by atoms with van der Waals surface area (Å²) in [6.07, 6.45) is 2.21. The quantitative estimate of drug-likeness (QED) is 0.600. The van der Waals surface area contributed by atoms with Gasteiger partial charge in [-0.05, 0) is 25.0 Å². The lowest BCUT2D eigenvalue weighted by molar-refractivity contribution is -0.122. The molecule has 0 aliphatic carbocycles. The van der Waals surface area contributed by atoms with Crippen LogP contribution in [0.2, 0.25) is 0 Å². The first kappa shape index (κ1) is 16.5. The lowest BCUT2D eigenvalue weighted by Crippen LogP contribution is -2.26. The molecule has 0 spiro atoms. The molecule has 0 bridgehead atoms. The van der Waals surface area contributed by atoms with Gasteiger partial charge < -0.3 is 20.5 Å². The van der Waals surface area contributed by atoms with E-state index in [0.29, 0.717) is 39.3 Å². The predicted octanol–water partition coefficient (Wildman–Crippen LogP) is 1.33. The molecule has 0 unspecified atom stereocenters. The van der Waals surface area contributed by atoms with Crippen LogP contribution in [0.25, 0.3) is 0 Å². The molecule has 0 aliphatic heterocycles. The second kappa shape index (κ2) is 11.3. The fourth-order valence-corrected chi connectivity index (χ4v) is 1.60. The SMILES string of the molecule is NCCOCCC(=O)NCCCCOc1ccccc1. The number of rotatable bonds is 11. The monoisotopic (exact) mass is 280 g/mol. The molecule has 5 nitrogen and oxygen atoms in total. The molecule has 0 aromatic heterocycles. The Labute approximate surface area is 120 Å². The van der Waals surface area contributed by atoms with Crippen molar-refractivity contribution in [2.75, 3.05) is 32.9 Å². The number of nitrogens with one attached hydrogen (secondary N) is 1. The maximum atomic E-state index is 11.4. The van der Waals surface area contributed by atoms with E-state index in [1.807, 2.05) is 30.3 Å². The normalized spacial score (nSPS) is 10.2. The van der Waals surface area contributed by atoms with Crippen LogP contribution in [0.5, 0.6) is 5.75 Å². The summed E-state index contributed by atoms with van der Waals surface area (Å²) >= 11 is 0. The van der Waals surface area contributed by atoms with Crippen molar-refractivity contribution in [1.29, 1.82) is 0 Å². The number of para-hydroxylation sites is 1. The van der Waals surface area contributed by atoms with E-state index < -0.39 is 0 Å². The third kappa shape index (κ3) is 8.50. The second-order valence-electron chi connectivity index (χ2n) is 4.37. The number of ether oxygens (including phenoxy) is 2. The summed E-state index contributed by atoms with van der Waals surface area (Å²) in [5.74, 6) is 0.902. The largest absolute Gasteiger partial charge is 0.494 e. The minimum Gasteiger partial charge on any atom is -0.494 e. The van der Waals surface area contributed by atoms with Crippen LogP contribution in [0, 0.1) is 0 Å². The van der Waals surface area contributed by atoms with Crippen LogP contribution in [0.4, 0.5) is 0 Å². The highest BCUT2D eigenvalue weighted by atomic mass is 16.5. The number of hydrogen-bond donors (Lipinski definition) is 2. The molecule has 1 amide bonds. The van der Waals surface area contributed by atoms with Crippen molar-refractivity contribution < 1.29 is 14.3 Å². The van der Waals surface area contributed by atoms with E-state index in [0.717, 1.165) is 18.6 Å². The summed E-state index contributed by atoms with van der Waals surface area (Å²) in [5.41, 5.74) is 5.28. The van der Waals surface area contributed by atoms with Crippen molar-refractivity contribution in [2.24, 2.45) is 5.73 Å². The maximum absolute atomic E-state index is 11.4. The van der Waals surface area contributed by atoms with E-state index in [2.05, 4.69) is 5.32 Å². The van der Waals surface area contributed by atoms with Crippen molar-refractivity contribution in [2.45, 2.75) is 19.3 Å². The Kier molecular flexibility index (Phi) is 9.26. The molecular weight excluding hydrogens is 256 g/mol. The highest BCUT2D eigenvalue weighted by Gasteiger charge is 2.00. The van der Waals surface area contributed by atoms with Gasteiger partial charge in [0.1, 0.15) is 5.75 Å². The van der Waals surface area contributed by atoms with Gasteiger partial charge in [-0.1, -0.05) is 18.2 Å². The van der Waals surface area contributed by atoms with Crippen LogP contribution >= 0.6 is 0 Å². The molecule has 1 rings (SSSR count). The molecule has 0 radical (unpaired) electrons. The number of amides is 1. The smallest absolute Gasteiger partial charge is 0.222 e. The number of nitrogens with two attached hydrogens (primary N) is 1. The first-order valence-electron chi connectivity index (χ1n) is 7.05. The average Bonchev–Trinajstić information content (AvgIpc) is 2.48. The van der Waals surface area contributed by atoms with Gasteiger partial charge >= 0.3 is 0 Å². The Balaban J connectivity index is 1.90. The van der Waals surface area contributed by atoms with Crippen LogP contribution in [-0.2, 0) is 9.53 Å². The molecule has 20 heavy (non-hydrogen) atoms. The zero-order valence-electron chi connectivity index (χ0n) is 11.8.